The number of nitriles is 1. The number of carbonyl (C=O) groups is 1. The van der Waals surface area contributed by atoms with Crippen LogP contribution in [-0.4, -0.2) is 15.5 Å². The van der Waals surface area contributed by atoms with E-state index < -0.39 is 0 Å². The van der Waals surface area contributed by atoms with Crippen LogP contribution in [0.1, 0.15) is 26.4 Å². The van der Waals surface area contributed by atoms with Gasteiger partial charge in [-0.2, -0.15) is 5.26 Å². The Bertz CT molecular complexity index is 1030. The summed E-state index contributed by atoms with van der Waals surface area (Å²) in [5, 5.41) is 12.1. The van der Waals surface area contributed by atoms with E-state index in [-0.39, 0.29) is 11.5 Å². The number of rotatable bonds is 3. The molecule has 0 spiro atoms. The Labute approximate surface area is 142 Å². The van der Waals surface area contributed by atoms with E-state index in [1.165, 1.54) is 22.2 Å². The van der Waals surface area contributed by atoms with E-state index in [0.717, 1.165) is 5.56 Å². The van der Waals surface area contributed by atoms with Crippen LogP contribution < -0.4 is 10.9 Å². The topological polar surface area (TPSA) is 87.8 Å². The maximum Gasteiger partial charge on any atom is 0.262 e. The fraction of sp³-hybridized carbons (Fsp3) is 0.176. The highest BCUT2D eigenvalue weighted by Gasteiger charge is 2.18. The minimum Gasteiger partial charge on any atom is -0.347 e. The van der Waals surface area contributed by atoms with Gasteiger partial charge in [0.2, 0.25) is 0 Å². The molecule has 0 unspecified atom stereocenters. The maximum atomic E-state index is 12.4. The highest BCUT2D eigenvalue weighted by atomic mass is 32.1. The third-order valence-electron chi connectivity index (χ3n) is 3.75. The molecule has 24 heavy (non-hydrogen) atoms. The van der Waals surface area contributed by atoms with Gasteiger partial charge in [0.25, 0.3) is 11.5 Å². The zero-order valence-electron chi connectivity index (χ0n) is 13.2. The summed E-state index contributed by atoms with van der Waals surface area (Å²) >= 11 is 1.22. The minimum absolute atomic E-state index is 0.153. The molecule has 0 aliphatic heterocycles. The summed E-state index contributed by atoms with van der Waals surface area (Å²) in [6, 6.07) is 9.07. The number of fused-ring (bicyclic) bond motifs is 1. The number of aromatic nitrogens is 2. The molecule has 0 aliphatic carbocycles. The third-order valence-corrected chi connectivity index (χ3v) is 4.95. The largest absolute Gasteiger partial charge is 0.347 e. The van der Waals surface area contributed by atoms with Gasteiger partial charge in [0.15, 0.2) is 0 Å². The Balaban J connectivity index is 1.84. The van der Waals surface area contributed by atoms with Gasteiger partial charge in [-0.15, -0.1) is 11.3 Å². The second kappa shape index (κ2) is 6.26. The Morgan fingerprint density at radius 3 is 2.75 bits per heavy atom. The predicted octanol–water partition coefficient (Wildman–Crippen LogP) is 2.11. The van der Waals surface area contributed by atoms with Gasteiger partial charge < -0.3 is 9.88 Å². The summed E-state index contributed by atoms with van der Waals surface area (Å²) in [5.41, 5.74) is 1.98. The standard InChI is InChI=1S/C17H14N4O2S/c1-10-13-16(20-9-21(2)17(13)23)24-14(10)15(22)19-8-12-5-3-11(7-18)4-6-12/h3-6,9H,8H2,1-2H3,(H,19,22). The molecule has 2 heterocycles. The van der Waals surface area contributed by atoms with Crippen LogP contribution in [0.3, 0.4) is 0 Å². The van der Waals surface area contributed by atoms with Crippen LogP contribution in [0.25, 0.3) is 10.2 Å². The number of nitrogens with one attached hydrogen (secondary N) is 1. The van der Waals surface area contributed by atoms with Crippen molar-refractivity contribution in [2.24, 2.45) is 7.05 Å². The van der Waals surface area contributed by atoms with Crippen LogP contribution in [0, 0.1) is 18.3 Å². The number of nitrogens with zero attached hydrogens (tertiary/aromatic N) is 3. The second-order valence-electron chi connectivity index (χ2n) is 5.39. The molecular weight excluding hydrogens is 324 g/mol. The Morgan fingerprint density at radius 2 is 2.08 bits per heavy atom. The first kappa shape index (κ1) is 15.9. The number of benzene rings is 1. The van der Waals surface area contributed by atoms with Crippen molar-refractivity contribution in [1.82, 2.24) is 14.9 Å². The van der Waals surface area contributed by atoms with E-state index in [1.807, 2.05) is 0 Å². The maximum absolute atomic E-state index is 12.4. The summed E-state index contributed by atoms with van der Waals surface area (Å²) < 4.78 is 1.40. The molecule has 3 aromatic rings. The van der Waals surface area contributed by atoms with Crippen LogP contribution in [0.5, 0.6) is 0 Å². The smallest absolute Gasteiger partial charge is 0.262 e. The predicted molar refractivity (Wildman–Crippen MR) is 91.9 cm³/mol. The quantitative estimate of drug-likeness (QED) is 0.792. The molecule has 0 bridgehead atoms. The molecule has 0 fully saturated rings. The van der Waals surface area contributed by atoms with E-state index in [1.54, 1.807) is 38.2 Å². The molecule has 1 N–H and O–H groups in total. The average molecular weight is 338 g/mol. The van der Waals surface area contributed by atoms with E-state index >= 15 is 0 Å². The van der Waals surface area contributed by atoms with E-state index in [2.05, 4.69) is 16.4 Å². The lowest BCUT2D eigenvalue weighted by Gasteiger charge is -2.04. The van der Waals surface area contributed by atoms with Gasteiger partial charge in [-0.3, -0.25) is 9.59 Å². The first-order valence-corrected chi connectivity index (χ1v) is 8.05. The average Bonchev–Trinajstić information content (AvgIpc) is 2.94. The van der Waals surface area contributed by atoms with Crippen molar-refractivity contribution in [2.45, 2.75) is 13.5 Å². The number of aryl methyl sites for hydroxylation is 2. The molecule has 1 aromatic carbocycles. The molecule has 0 saturated carbocycles. The van der Waals surface area contributed by atoms with Gasteiger partial charge in [-0.05, 0) is 30.2 Å². The van der Waals surface area contributed by atoms with Crippen LogP contribution in [0.15, 0.2) is 35.4 Å². The third kappa shape index (κ3) is 2.79. The van der Waals surface area contributed by atoms with Gasteiger partial charge in [0, 0.05) is 13.6 Å². The first-order valence-electron chi connectivity index (χ1n) is 7.23. The lowest BCUT2D eigenvalue weighted by Crippen LogP contribution is -2.22. The number of hydrogen-bond acceptors (Lipinski definition) is 5. The summed E-state index contributed by atoms with van der Waals surface area (Å²) in [5.74, 6) is -0.234. The molecule has 2 aromatic heterocycles. The van der Waals surface area contributed by atoms with Gasteiger partial charge in [-0.25, -0.2) is 4.98 Å². The highest BCUT2D eigenvalue weighted by Crippen LogP contribution is 2.26. The van der Waals surface area contributed by atoms with Crippen LogP contribution >= 0.6 is 11.3 Å². The Morgan fingerprint density at radius 1 is 1.38 bits per heavy atom. The molecule has 0 aliphatic rings. The van der Waals surface area contributed by atoms with Gasteiger partial charge in [0.1, 0.15) is 4.83 Å². The summed E-state index contributed by atoms with van der Waals surface area (Å²) in [7, 11) is 1.64. The molecule has 1 amide bonds. The first-order chi connectivity index (χ1) is 11.5. The van der Waals surface area contributed by atoms with Crippen LogP contribution in [-0.2, 0) is 13.6 Å². The van der Waals surface area contributed by atoms with Crippen LogP contribution in [0.2, 0.25) is 0 Å². The van der Waals surface area contributed by atoms with E-state index in [4.69, 9.17) is 5.26 Å². The van der Waals surface area contributed by atoms with Crippen molar-refractivity contribution >= 4 is 27.5 Å². The van der Waals surface area contributed by atoms with Crippen molar-refractivity contribution < 1.29 is 4.79 Å². The Hall–Kier alpha value is -2.98. The number of amides is 1. The molecule has 0 atom stereocenters. The minimum atomic E-state index is -0.234. The number of hydrogen-bond donors (Lipinski definition) is 1. The monoisotopic (exact) mass is 338 g/mol. The SMILES string of the molecule is Cc1c(C(=O)NCc2ccc(C#N)cc2)sc2ncn(C)c(=O)c12. The van der Waals surface area contributed by atoms with Crippen molar-refractivity contribution in [1.29, 1.82) is 5.26 Å². The molecule has 7 heteroatoms. The van der Waals surface area contributed by atoms with Crippen molar-refractivity contribution in [3.63, 3.8) is 0 Å². The fourth-order valence-electron chi connectivity index (χ4n) is 2.39. The van der Waals surface area contributed by atoms with Gasteiger partial charge in [-0.1, -0.05) is 12.1 Å². The van der Waals surface area contributed by atoms with E-state index in [9.17, 15) is 9.59 Å². The van der Waals surface area contributed by atoms with Crippen LogP contribution in [0.4, 0.5) is 0 Å². The van der Waals surface area contributed by atoms with Crippen molar-refractivity contribution in [3.05, 3.63) is 62.5 Å². The zero-order chi connectivity index (χ0) is 17.3. The number of thiophene rings is 1. The van der Waals surface area contributed by atoms with Crippen molar-refractivity contribution in [2.75, 3.05) is 0 Å². The second-order valence-corrected chi connectivity index (χ2v) is 6.39. The Kier molecular flexibility index (Phi) is 4.15. The molecule has 6 nitrogen and oxygen atoms in total. The summed E-state index contributed by atoms with van der Waals surface area (Å²) in [4.78, 5) is 29.9. The highest BCUT2D eigenvalue weighted by molar-refractivity contribution is 7.20. The number of carbonyl (C=O) groups excluding carboxylic acids is 1. The van der Waals surface area contributed by atoms with Gasteiger partial charge >= 0.3 is 0 Å². The molecule has 120 valence electrons. The lowest BCUT2D eigenvalue weighted by atomic mass is 10.1. The molecule has 3 rings (SSSR count). The molecule has 0 saturated heterocycles. The molecule has 0 radical (unpaired) electrons. The normalized spacial score (nSPS) is 10.5. The molecular formula is C17H14N4O2S. The van der Waals surface area contributed by atoms with E-state index in [0.29, 0.717) is 32.8 Å². The van der Waals surface area contributed by atoms with Crippen molar-refractivity contribution in [3.8, 4) is 6.07 Å². The fourth-order valence-corrected chi connectivity index (χ4v) is 3.44. The van der Waals surface area contributed by atoms with Gasteiger partial charge in [0.05, 0.1) is 28.2 Å². The zero-order valence-corrected chi connectivity index (χ0v) is 14.0. The summed E-state index contributed by atoms with van der Waals surface area (Å²) in [6.07, 6.45) is 1.46. The summed E-state index contributed by atoms with van der Waals surface area (Å²) in [6.45, 7) is 2.11. The lowest BCUT2D eigenvalue weighted by molar-refractivity contribution is 0.0954.